The average molecular weight is 430 g/mol. The van der Waals surface area contributed by atoms with Crippen LogP contribution in [0.1, 0.15) is 36.6 Å². The Hall–Kier alpha value is -2.85. The van der Waals surface area contributed by atoms with Crippen LogP contribution >= 0.6 is 0 Å². The van der Waals surface area contributed by atoms with Gasteiger partial charge in [0.1, 0.15) is 23.3 Å². The second kappa shape index (κ2) is 8.01. The number of hydrogen-bond acceptors (Lipinski definition) is 7. The number of piperidine rings is 1. The smallest absolute Gasteiger partial charge is 0.165 e. The highest BCUT2D eigenvalue weighted by Crippen LogP contribution is 2.43. The van der Waals surface area contributed by atoms with E-state index in [1.807, 2.05) is 0 Å². The summed E-state index contributed by atoms with van der Waals surface area (Å²) in [5.74, 6) is 0.368. The summed E-state index contributed by atoms with van der Waals surface area (Å²) in [4.78, 5) is 8.87. The molecule has 5 rings (SSSR count). The summed E-state index contributed by atoms with van der Waals surface area (Å²) < 4.78 is 35.8. The van der Waals surface area contributed by atoms with E-state index in [4.69, 9.17) is 9.84 Å². The van der Waals surface area contributed by atoms with Crippen molar-refractivity contribution in [2.45, 2.75) is 44.0 Å². The number of anilines is 1. The molecule has 164 valence electrons. The Kier molecular flexibility index (Phi) is 5.19. The van der Waals surface area contributed by atoms with Crippen LogP contribution in [-0.2, 0) is 6.61 Å². The van der Waals surface area contributed by atoms with E-state index >= 15 is 0 Å². The summed E-state index contributed by atoms with van der Waals surface area (Å²) in [6.45, 7) is 0.645. The van der Waals surface area contributed by atoms with Gasteiger partial charge in [0.15, 0.2) is 17.3 Å². The van der Waals surface area contributed by atoms with Gasteiger partial charge in [-0.25, -0.2) is 23.3 Å². The van der Waals surface area contributed by atoms with Crippen LogP contribution in [0.25, 0.3) is 17.0 Å². The fourth-order valence-electron chi connectivity index (χ4n) is 4.01. The third-order valence-electron chi connectivity index (χ3n) is 5.81. The van der Waals surface area contributed by atoms with E-state index in [2.05, 4.69) is 20.6 Å². The Morgan fingerprint density at radius 1 is 1.29 bits per heavy atom. The van der Waals surface area contributed by atoms with Crippen LogP contribution in [-0.4, -0.2) is 57.1 Å². The maximum absolute atomic E-state index is 14.5. The Morgan fingerprint density at radius 2 is 2.13 bits per heavy atom. The van der Waals surface area contributed by atoms with Crippen molar-refractivity contribution < 1.29 is 18.6 Å². The molecule has 0 unspecified atom stereocenters. The van der Waals surface area contributed by atoms with Crippen LogP contribution in [0.2, 0.25) is 0 Å². The van der Waals surface area contributed by atoms with Gasteiger partial charge in [-0.3, -0.25) is 0 Å². The molecule has 8 nitrogen and oxygen atoms in total. The molecule has 0 bridgehead atoms. The van der Waals surface area contributed by atoms with E-state index in [1.54, 1.807) is 17.7 Å². The normalized spacial score (nSPS) is 21.4. The number of rotatable bonds is 6. The van der Waals surface area contributed by atoms with Crippen LogP contribution in [0.4, 0.5) is 14.6 Å². The molecule has 3 N–H and O–H groups in total. The number of aliphatic hydroxyl groups is 1. The minimum atomic E-state index is -1.09. The number of ether oxygens (including phenoxy) is 1. The molecule has 0 spiro atoms. The molecule has 2 atom stereocenters. The highest BCUT2D eigenvalue weighted by molar-refractivity contribution is 5.66. The topological polar surface area (TPSA) is 96.6 Å². The van der Waals surface area contributed by atoms with Crippen molar-refractivity contribution in [1.29, 1.82) is 0 Å². The number of nitrogens with one attached hydrogen (secondary N) is 2. The van der Waals surface area contributed by atoms with Gasteiger partial charge in [0.05, 0.1) is 31.1 Å². The van der Waals surface area contributed by atoms with Crippen molar-refractivity contribution in [2.24, 2.45) is 0 Å². The van der Waals surface area contributed by atoms with Crippen LogP contribution in [0, 0.1) is 5.82 Å². The third-order valence-corrected chi connectivity index (χ3v) is 5.81. The molecule has 1 aliphatic heterocycles. The summed E-state index contributed by atoms with van der Waals surface area (Å²) in [7, 11) is 1.59. The maximum Gasteiger partial charge on any atom is 0.165 e. The van der Waals surface area contributed by atoms with Crippen molar-refractivity contribution in [3.05, 3.63) is 35.4 Å². The lowest BCUT2D eigenvalue weighted by molar-refractivity contribution is 0.240. The van der Waals surface area contributed by atoms with Crippen LogP contribution in [0.15, 0.2) is 18.2 Å². The molecule has 1 saturated carbocycles. The monoisotopic (exact) mass is 430 g/mol. The summed E-state index contributed by atoms with van der Waals surface area (Å²) in [5.41, 5.74) is 2.56. The first-order valence-electron chi connectivity index (χ1n) is 10.4. The number of fused-ring (bicyclic) bond motifs is 1. The van der Waals surface area contributed by atoms with Gasteiger partial charge >= 0.3 is 0 Å². The van der Waals surface area contributed by atoms with Crippen LogP contribution < -0.4 is 15.4 Å². The number of methoxy groups -OCH3 is 1. The molecule has 10 heteroatoms. The number of aliphatic hydroxyl groups excluding tert-OH is 1. The zero-order chi connectivity index (χ0) is 21.5. The number of imidazole rings is 1. The molecule has 2 aliphatic rings. The van der Waals surface area contributed by atoms with Gasteiger partial charge in [0.25, 0.3) is 0 Å². The van der Waals surface area contributed by atoms with Gasteiger partial charge < -0.3 is 20.5 Å². The number of nitrogens with zero attached hydrogens (tertiary/aromatic N) is 4. The summed E-state index contributed by atoms with van der Waals surface area (Å²) in [6.07, 6.45) is 1.34. The Bertz CT molecular complexity index is 1120. The molecular weight excluding hydrogens is 406 g/mol. The Balaban J connectivity index is 1.59. The van der Waals surface area contributed by atoms with Gasteiger partial charge in [0.2, 0.25) is 0 Å². The zero-order valence-corrected chi connectivity index (χ0v) is 17.1. The Labute approximate surface area is 177 Å². The molecule has 1 aliphatic carbocycles. The van der Waals surface area contributed by atoms with Gasteiger partial charge in [-0.05, 0) is 37.9 Å². The number of halogens is 2. The lowest BCUT2D eigenvalue weighted by atomic mass is 10.1. The molecule has 3 aromatic heterocycles. The average Bonchev–Trinajstić information content (AvgIpc) is 3.56. The fourth-order valence-corrected chi connectivity index (χ4v) is 4.01. The predicted octanol–water partition coefficient (Wildman–Crippen LogP) is 2.42. The van der Waals surface area contributed by atoms with Crippen LogP contribution in [0.5, 0.6) is 5.75 Å². The van der Waals surface area contributed by atoms with Gasteiger partial charge in [-0.15, -0.1) is 0 Å². The SMILES string of the molecule is COc1cc2nc(CO)c(-c3ccc(F)c(N[C@H]4CNCC[C@@H]4F)n3)n2nc1C1CC1. The highest BCUT2D eigenvalue weighted by Gasteiger charge is 2.31. The zero-order valence-electron chi connectivity index (χ0n) is 17.1. The molecule has 31 heavy (non-hydrogen) atoms. The first-order chi connectivity index (χ1) is 15.1. The first kappa shape index (κ1) is 20.1. The van der Waals surface area contributed by atoms with E-state index in [-0.39, 0.29) is 12.4 Å². The molecule has 1 saturated heterocycles. The number of alkyl halides is 1. The lowest BCUT2D eigenvalue weighted by Gasteiger charge is -2.28. The quantitative estimate of drug-likeness (QED) is 0.553. The van der Waals surface area contributed by atoms with Gasteiger partial charge in [0, 0.05) is 18.5 Å². The molecule has 4 heterocycles. The second-order valence-corrected chi connectivity index (χ2v) is 7.99. The molecular formula is C21H24F2N6O2. The summed E-state index contributed by atoms with van der Waals surface area (Å²) >= 11 is 0. The van der Waals surface area contributed by atoms with Crippen molar-refractivity contribution in [3.63, 3.8) is 0 Å². The summed E-state index contributed by atoms with van der Waals surface area (Å²) in [6, 6.07) is 4.00. The Morgan fingerprint density at radius 3 is 2.84 bits per heavy atom. The summed E-state index contributed by atoms with van der Waals surface area (Å²) in [5, 5.41) is 20.6. The van der Waals surface area contributed by atoms with Crippen LogP contribution in [0.3, 0.4) is 0 Å². The largest absolute Gasteiger partial charge is 0.495 e. The molecule has 0 aromatic carbocycles. The fraction of sp³-hybridized carbons (Fsp3) is 0.476. The van der Waals surface area contributed by atoms with Gasteiger partial charge in [-0.2, -0.15) is 5.10 Å². The molecule has 3 aromatic rings. The molecule has 2 fully saturated rings. The standard InChI is InChI=1S/C21H24F2N6O2/c1-31-17-8-18-25-16(10-30)20(29(18)28-19(17)11-2-3-11)14-5-4-13(23)21(26-14)27-15-9-24-7-6-12(15)22/h4-5,8,11-12,15,24,30H,2-3,6-7,9-10H2,1H3,(H,26,27)/t12-,15-/m0/s1. The molecule has 0 amide bonds. The van der Waals surface area contributed by atoms with E-state index in [0.29, 0.717) is 53.9 Å². The van der Waals surface area contributed by atoms with Crippen molar-refractivity contribution in [3.8, 4) is 17.1 Å². The molecule has 0 radical (unpaired) electrons. The van der Waals surface area contributed by atoms with Crippen molar-refractivity contribution >= 4 is 11.5 Å². The third kappa shape index (κ3) is 3.70. The van der Waals surface area contributed by atoms with E-state index < -0.39 is 18.0 Å². The highest BCUT2D eigenvalue weighted by atomic mass is 19.1. The second-order valence-electron chi connectivity index (χ2n) is 7.99. The maximum atomic E-state index is 14.5. The van der Waals surface area contributed by atoms with Crippen molar-refractivity contribution in [1.82, 2.24) is 24.9 Å². The predicted molar refractivity (Wildman–Crippen MR) is 110 cm³/mol. The lowest BCUT2D eigenvalue weighted by Crippen LogP contribution is -2.46. The van der Waals surface area contributed by atoms with E-state index in [9.17, 15) is 13.9 Å². The van der Waals surface area contributed by atoms with E-state index in [1.165, 1.54) is 12.1 Å². The number of pyridine rings is 1. The first-order valence-corrected chi connectivity index (χ1v) is 10.4. The number of hydrogen-bond donors (Lipinski definition) is 3. The van der Waals surface area contributed by atoms with Gasteiger partial charge in [-0.1, -0.05) is 0 Å². The minimum absolute atomic E-state index is 0.0383. The number of aromatic nitrogens is 4. The minimum Gasteiger partial charge on any atom is -0.495 e. The van der Waals surface area contributed by atoms with E-state index in [0.717, 1.165) is 18.5 Å². The van der Waals surface area contributed by atoms with Crippen molar-refractivity contribution in [2.75, 3.05) is 25.5 Å².